The van der Waals surface area contributed by atoms with Crippen LogP contribution in [0.1, 0.15) is 35.6 Å². The maximum atomic E-state index is 11.4. The second-order valence-corrected chi connectivity index (χ2v) is 4.70. The van der Waals surface area contributed by atoms with Crippen molar-refractivity contribution in [2.45, 2.75) is 33.4 Å². The maximum absolute atomic E-state index is 11.4. The van der Waals surface area contributed by atoms with Gasteiger partial charge in [-0.25, -0.2) is 0 Å². The molecule has 0 unspecified atom stereocenters. The average molecular weight is 288 g/mol. The van der Waals surface area contributed by atoms with Crippen LogP contribution in [0, 0.1) is 0 Å². The van der Waals surface area contributed by atoms with Crippen LogP contribution >= 0.6 is 0 Å². The molecule has 0 fully saturated rings. The summed E-state index contributed by atoms with van der Waals surface area (Å²) in [5.74, 6) is -0.146. The molecule has 0 radical (unpaired) electrons. The van der Waals surface area contributed by atoms with Crippen molar-refractivity contribution in [2.24, 2.45) is 5.73 Å². The van der Waals surface area contributed by atoms with Gasteiger partial charge in [0.1, 0.15) is 12.4 Å². The zero-order chi connectivity index (χ0) is 15.4. The number of nitrogen functional groups attached to an aromatic ring is 1. The summed E-state index contributed by atoms with van der Waals surface area (Å²) in [6, 6.07) is 6.80. The summed E-state index contributed by atoms with van der Waals surface area (Å²) in [6.07, 6.45) is 0.866. The third kappa shape index (κ3) is 3.34. The average Bonchev–Trinajstić information content (AvgIpc) is 2.87. The SMILES string of the molecule is CCc1cc(COc2cc(N)ccc2C(N)=O)n(CC)n1. The van der Waals surface area contributed by atoms with Crippen molar-refractivity contribution in [1.82, 2.24) is 9.78 Å². The van der Waals surface area contributed by atoms with E-state index in [0.29, 0.717) is 23.6 Å². The van der Waals surface area contributed by atoms with Crippen LogP contribution in [0.3, 0.4) is 0 Å². The van der Waals surface area contributed by atoms with Crippen LogP contribution in [0.15, 0.2) is 24.3 Å². The summed E-state index contributed by atoms with van der Waals surface area (Å²) < 4.78 is 7.61. The van der Waals surface area contributed by atoms with E-state index in [9.17, 15) is 4.79 Å². The molecule has 1 heterocycles. The number of benzene rings is 1. The molecule has 0 aliphatic rings. The molecule has 112 valence electrons. The van der Waals surface area contributed by atoms with E-state index in [4.69, 9.17) is 16.2 Å². The van der Waals surface area contributed by atoms with E-state index in [0.717, 1.165) is 24.4 Å². The van der Waals surface area contributed by atoms with Crippen LogP contribution in [-0.2, 0) is 19.6 Å². The number of anilines is 1. The summed E-state index contributed by atoms with van der Waals surface area (Å²) >= 11 is 0. The number of ether oxygens (including phenoxy) is 1. The van der Waals surface area contributed by atoms with E-state index in [1.54, 1.807) is 18.2 Å². The zero-order valence-corrected chi connectivity index (χ0v) is 12.3. The summed E-state index contributed by atoms with van der Waals surface area (Å²) in [5.41, 5.74) is 13.9. The van der Waals surface area contributed by atoms with Gasteiger partial charge in [-0.2, -0.15) is 5.10 Å². The molecular formula is C15H20N4O2. The third-order valence-electron chi connectivity index (χ3n) is 3.22. The van der Waals surface area contributed by atoms with E-state index in [1.165, 1.54) is 0 Å². The highest BCUT2D eigenvalue weighted by Crippen LogP contribution is 2.22. The van der Waals surface area contributed by atoms with Crippen molar-refractivity contribution >= 4 is 11.6 Å². The Morgan fingerprint density at radius 1 is 1.33 bits per heavy atom. The molecule has 2 rings (SSSR count). The smallest absolute Gasteiger partial charge is 0.252 e. The Morgan fingerprint density at radius 2 is 2.10 bits per heavy atom. The largest absolute Gasteiger partial charge is 0.486 e. The van der Waals surface area contributed by atoms with E-state index in [-0.39, 0.29) is 0 Å². The monoisotopic (exact) mass is 288 g/mol. The van der Waals surface area contributed by atoms with Crippen molar-refractivity contribution < 1.29 is 9.53 Å². The van der Waals surface area contributed by atoms with E-state index in [2.05, 4.69) is 12.0 Å². The second-order valence-electron chi connectivity index (χ2n) is 4.70. The van der Waals surface area contributed by atoms with Gasteiger partial charge in [0, 0.05) is 18.3 Å². The first-order chi connectivity index (χ1) is 10.0. The highest BCUT2D eigenvalue weighted by Gasteiger charge is 2.12. The fraction of sp³-hybridized carbons (Fsp3) is 0.333. The van der Waals surface area contributed by atoms with Crippen molar-refractivity contribution in [3.8, 4) is 5.75 Å². The molecule has 0 atom stereocenters. The Morgan fingerprint density at radius 3 is 2.71 bits per heavy atom. The Kier molecular flexibility index (Phi) is 4.47. The minimum Gasteiger partial charge on any atom is -0.486 e. The first-order valence-electron chi connectivity index (χ1n) is 6.92. The summed E-state index contributed by atoms with van der Waals surface area (Å²) in [7, 11) is 0. The van der Waals surface area contributed by atoms with Gasteiger partial charge in [-0.1, -0.05) is 6.92 Å². The lowest BCUT2D eigenvalue weighted by atomic mass is 10.1. The quantitative estimate of drug-likeness (QED) is 0.791. The normalized spacial score (nSPS) is 10.6. The number of primary amides is 1. The second kappa shape index (κ2) is 6.30. The number of carbonyl (C=O) groups excluding carboxylic acids is 1. The standard InChI is InChI=1S/C15H20N4O2/c1-3-11-8-12(19(4-2)18-11)9-21-14-7-10(16)5-6-13(14)15(17)20/h5-8H,3-4,9,16H2,1-2H3,(H2,17,20). The van der Waals surface area contributed by atoms with Crippen LogP contribution in [0.2, 0.25) is 0 Å². The molecule has 21 heavy (non-hydrogen) atoms. The molecule has 1 amide bonds. The molecule has 2 aromatic rings. The first kappa shape index (κ1) is 14.9. The van der Waals surface area contributed by atoms with Gasteiger partial charge in [0.25, 0.3) is 5.91 Å². The van der Waals surface area contributed by atoms with E-state index < -0.39 is 5.91 Å². The van der Waals surface area contributed by atoms with Gasteiger partial charge in [0.05, 0.1) is 17.0 Å². The lowest BCUT2D eigenvalue weighted by Gasteiger charge is -2.11. The summed E-state index contributed by atoms with van der Waals surface area (Å²) in [4.78, 5) is 11.4. The minimum absolute atomic E-state index is 0.310. The number of nitrogens with two attached hydrogens (primary N) is 2. The van der Waals surface area contributed by atoms with Crippen molar-refractivity contribution in [2.75, 3.05) is 5.73 Å². The van der Waals surface area contributed by atoms with Gasteiger partial charge in [-0.05, 0) is 31.5 Å². The Hall–Kier alpha value is -2.50. The fourth-order valence-corrected chi connectivity index (χ4v) is 2.09. The Bertz CT molecular complexity index is 649. The molecular weight excluding hydrogens is 268 g/mol. The van der Waals surface area contributed by atoms with Gasteiger partial charge in [0.2, 0.25) is 0 Å². The lowest BCUT2D eigenvalue weighted by molar-refractivity contribution is 0.0996. The van der Waals surface area contributed by atoms with E-state index >= 15 is 0 Å². The fourth-order valence-electron chi connectivity index (χ4n) is 2.09. The predicted molar refractivity (Wildman–Crippen MR) is 81.0 cm³/mol. The number of nitrogens with zero attached hydrogens (tertiary/aromatic N) is 2. The van der Waals surface area contributed by atoms with Gasteiger partial charge >= 0.3 is 0 Å². The molecule has 0 aliphatic carbocycles. The zero-order valence-electron chi connectivity index (χ0n) is 12.3. The Balaban J connectivity index is 2.21. The molecule has 4 N–H and O–H groups in total. The third-order valence-corrected chi connectivity index (χ3v) is 3.22. The van der Waals surface area contributed by atoms with Crippen molar-refractivity contribution in [3.63, 3.8) is 0 Å². The van der Waals surface area contributed by atoms with Gasteiger partial charge in [-0.3, -0.25) is 9.48 Å². The van der Waals surface area contributed by atoms with Crippen molar-refractivity contribution in [1.29, 1.82) is 0 Å². The van der Waals surface area contributed by atoms with Crippen LogP contribution in [0.25, 0.3) is 0 Å². The maximum Gasteiger partial charge on any atom is 0.252 e. The molecule has 6 nitrogen and oxygen atoms in total. The number of hydrogen-bond acceptors (Lipinski definition) is 4. The highest BCUT2D eigenvalue weighted by molar-refractivity contribution is 5.96. The molecule has 0 aliphatic heterocycles. The van der Waals surface area contributed by atoms with Crippen molar-refractivity contribution in [3.05, 3.63) is 41.2 Å². The minimum atomic E-state index is -0.539. The molecule has 0 spiro atoms. The number of aromatic nitrogens is 2. The molecule has 1 aromatic carbocycles. The van der Waals surface area contributed by atoms with Crippen LogP contribution < -0.4 is 16.2 Å². The Labute approximate surface area is 123 Å². The lowest BCUT2D eigenvalue weighted by Crippen LogP contribution is -2.14. The number of carbonyl (C=O) groups is 1. The van der Waals surface area contributed by atoms with Crippen LogP contribution in [-0.4, -0.2) is 15.7 Å². The molecule has 6 heteroatoms. The van der Waals surface area contributed by atoms with Gasteiger partial charge < -0.3 is 16.2 Å². The number of amides is 1. The highest BCUT2D eigenvalue weighted by atomic mass is 16.5. The molecule has 0 saturated carbocycles. The van der Waals surface area contributed by atoms with E-state index in [1.807, 2.05) is 17.7 Å². The predicted octanol–water partition coefficient (Wildman–Crippen LogP) is 1.73. The summed E-state index contributed by atoms with van der Waals surface area (Å²) in [5, 5.41) is 4.45. The molecule has 1 aromatic heterocycles. The molecule has 0 bridgehead atoms. The number of aryl methyl sites for hydroxylation is 2. The molecule has 0 saturated heterocycles. The number of rotatable bonds is 6. The van der Waals surface area contributed by atoms with Gasteiger partial charge in [0.15, 0.2) is 0 Å². The number of hydrogen-bond donors (Lipinski definition) is 2. The summed E-state index contributed by atoms with van der Waals surface area (Å²) in [6.45, 7) is 5.14. The first-order valence-corrected chi connectivity index (χ1v) is 6.92. The topological polar surface area (TPSA) is 96.2 Å². The van der Waals surface area contributed by atoms with Crippen LogP contribution in [0.5, 0.6) is 5.75 Å². The van der Waals surface area contributed by atoms with Crippen LogP contribution in [0.4, 0.5) is 5.69 Å². The van der Waals surface area contributed by atoms with Gasteiger partial charge in [-0.15, -0.1) is 0 Å².